The Balaban J connectivity index is 2.12. The third kappa shape index (κ3) is 3.88. The van der Waals surface area contributed by atoms with Crippen LogP contribution in [0.3, 0.4) is 0 Å². The van der Waals surface area contributed by atoms with Gasteiger partial charge in [0, 0.05) is 26.6 Å². The van der Waals surface area contributed by atoms with Gasteiger partial charge in [-0.3, -0.25) is 4.79 Å². The minimum absolute atomic E-state index is 0.0363. The number of nitrogens with zero attached hydrogens (tertiary/aromatic N) is 1. The van der Waals surface area contributed by atoms with Gasteiger partial charge in [0.15, 0.2) is 17.6 Å². The molecule has 1 unspecified atom stereocenters. The lowest BCUT2D eigenvalue weighted by Crippen LogP contribution is -2.29. The van der Waals surface area contributed by atoms with Crippen molar-refractivity contribution in [2.75, 3.05) is 26.7 Å². The number of nitrogens with one attached hydrogen (secondary N) is 1. The van der Waals surface area contributed by atoms with Crippen LogP contribution in [0.4, 0.5) is 0 Å². The molecule has 0 radical (unpaired) electrons. The fourth-order valence-corrected chi connectivity index (χ4v) is 2.35. The predicted molar refractivity (Wildman–Crippen MR) is 81.7 cm³/mol. The quantitative estimate of drug-likeness (QED) is 0.832. The second-order valence-corrected chi connectivity index (χ2v) is 5.15. The molecule has 0 saturated carbocycles. The van der Waals surface area contributed by atoms with Crippen LogP contribution >= 0.6 is 0 Å². The molecular formula is C16H24N2O3. The van der Waals surface area contributed by atoms with Gasteiger partial charge in [0.2, 0.25) is 0 Å². The Morgan fingerprint density at radius 2 is 2.14 bits per heavy atom. The van der Waals surface area contributed by atoms with E-state index in [9.17, 15) is 4.79 Å². The van der Waals surface area contributed by atoms with E-state index in [-0.39, 0.29) is 5.91 Å². The highest BCUT2D eigenvalue weighted by Gasteiger charge is 2.31. The summed E-state index contributed by atoms with van der Waals surface area (Å²) in [6.45, 7) is 7.04. The summed E-state index contributed by atoms with van der Waals surface area (Å²) in [5.41, 5.74) is 1.14. The van der Waals surface area contributed by atoms with Crippen LogP contribution in [0.5, 0.6) is 11.5 Å². The first-order valence-electron chi connectivity index (χ1n) is 7.53. The van der Waals surface area contributed by atoms with E-state index >= 15 is 0 Å². The molecule has 1 saturated heterocycles. The number of benzene rings is 1. The maximum atomic E-state index is 11.9. The van der Waals surface area contributed by atoms with Gasteiger partial charge < -0.3 is 19.7 Å². The van der Waals surface area contributed by atoms with E-state index in [2.05, 4.69) is 12.2 Å². The molecule has 1 aliphatic rings. The van der Waals surface area contributed by atoms with Crippen molar-refractivity contribution in [1.29, 1.82) is 0 Å². The molecular weight excluding hydrogens is 268 g/mol. The van der Waals surface area contributed by atoms with Crippen molar-refractivity contribution >= 4 is 5.91 Å². The highest BCUT2D eigenvalue weighted by Crippen LogP contribution is 2.31. The second-order valence-electron chi connectivity index (χ2n) is 5.15. The molecule has 0 bridgehead atoms. The normalized spacial score (nSPS) is 18.1. The average molecular weight is 292 g/mol. The van der Waals surface area contributed by atoms with Gasteiger partial charge in [0.25, 0.3) is 5.91 Å². The Labute approximate surface area is 126 Å². The third-order valence-electron chi connectivity index (χ3n) is 3.53. The van der Waals surface area contributed by atoms with Crippen LogP contribution < -0.4 is 14.8 Å². The number of carbonyl (C=O) groups excluding carboxylic acids is 1. The molecule has 0 aliphatic carbocycles. The zero-order valence-electron chi connectivity index (χ0n) is 13.0. The number of amides is 1. The number of carbonyl (C=O) groups is 1. The van der Waals surface area contributed by atoms with Gasteiger partial charge in [0.1, 0.15) is 0 Å². The summed E-state index contributed by atoms with van der Waals surface area (Å²) in [6, 6.07) is 5.87. The number of hydrogen-bond donors (Lipinski definition) is 1. The third-order valence-corrected chi connectivity index (χ3v) is 3.53. The SMILES string of the molecule is CCNCc1ccc(OC2CCN(C)C2=O)c(OCC)c1. The number of ether oxygens (including phenoxy) is 2. The summed E-state index contributed by atoms with van der Waals surface area (Å²) in [5.74, 6) is 1.38. The van der Waals surface area contributed by atoms with Crippen molar-refractivity contribution in [1.82, 2.24) is 10.2 Å². The Hall–Kier alpha value is -1.75. The van der Waals surface area contributed by atoms with E-state index in [1.54, 1.807) is 11.9 Å². The zero-order valence-corrected chi connectivity index (χ0v) is 13.0. The van der Waals surface area contributed by atoms with E-state index in [1.165, 1.54) is 0 Å². The van der Waals surface area contributed by atoms with Crippen molar-refractivity contribution in [2.45, 2.75) is 32.9 Å². The van der Waals surface area contributed by atoms with Crippen LogP contribution in [0.25, 0.3) is 0 Å². The summed E-state index contributed by atoms with van der Waals surface area (Å²) < 4.78 is 11.5. The largest absolute Gasteiger partial charge is 0.490 e. The van der Waals surface area contributed by atoms with Gasteiger partial charge in [-0.2, -0.15) is 0 Å². The Morgan fingerprint density at radius 3 is 2.76 bits per heavy atom. The van der Waals surface area contributed by atoms with E-state index in [0.717, 1.165) is 31.6 Å². The summed E-state index contributed by atoms with van der Waals surface area (Å²) >= 11 is 0. The predicted octanol–water partition coefficient (Wildman–Crippen LogP) is 1.80. The first kappa shape index (κ1) is 15.6. The zero-order chi connectivity index (χ0) is 15.2. The summed E-state index contributed by atoms with van der Waals surface area (Å²) in [4.78, 5) is 13.6. The number of likely N-dealkylation sites (N-methyl/N-ethyl adjacent to an activating group) is 1. The molecule has 1 aliphatic heterocycles. The lowest BCUT2D eigenvalue weighted by Gasteiger charge is -2.17. The van der Waals surface area contributed by atoms with Crippen molar-refractivity contribution in [2.24, 2.45) is 0 Å². The molecule has 1 amide bonds. The van der Waals surface area contributed by atoms with Gasteiger partial charge in [-0.15, -0.1) is 0 Å². The highest BCUT2D eigenvalue weighted by molar-refractivity contribution is 5.83. The molecule has 0 spiro atoms. The van der Waals surface area contributed by atoms with Gasteiger partial charge in [0.05, 0.1) is 6.61 Å². The fraction of sp³-hybridized carbons (Fsp3) is 0.562. The molecule has 5 heteroatoms. The van der Waals surface area contributed by atoms with Gasteiger partial charge in [-0.05, 0) is 31.2 Å². The first-order chi connectivity index (χ1) is 10.2. The van der Waals surface area contributed by atoms with E-state index in [0.29, 0.717) is 18.1 Å². The molecule has 1 aromatic rings. The summed E-state index contributed by atoms with van der Waals surface area (Å²) in [7, 11) is 1.80. The molecule has 1 fully saturated rings. The van der Waals surface area contributed by atoms with E-state index < -0.39 is 6.10 Å². The smallest absolute Gasteiger partial charge is 0.263 e. The highest BCUT2D eigenvalue weighted by atomic mass is 16.5. The topological polar surface area (TPSA) is 50.8 Å². The van der Waals surface area contributed by atoms with Gasteiger partial charge in [-0.1, -0.05) is 13.0 Å². The van der Waals surface area contributed by atoms with E-state index in [1.807, 2.05) is 25.1 Å². The molecule has 1 heterocycles. The molecule has 1 N–H and O–H groups in total. The molecule has 1 aromatic carbocycles. The molecule has 116 valence electrons. The first-order valence-corrected chi connectivity index (χ1v) is 7.53. The van der Waals surface area contributed by atoms with Crippen molar-refractivity contribution < 1.29 is 14.3 Å². The van der Waals surface area contributed by atoms with Crippen LogP contribution in [0, 0.1) is 0 Å². The number of rotatable bonds is 7. The fourth-order valence-electron chi connectivity index (χ4n) is 2.35. The van der Waals surface area contributed by atoms with Gasteiger partial charge in [-0.25, -0.2) is 0 Å². The van der Waals surface area contributed by atoms with Crippen LogP contribution in [0.2, 0.25) is 0 Å². The number of hydrogen-bond acceptors (Lipinski definition) is 4. The van der Waals surface area contributed by atoms with E-state index in [4.69, 9.17) is 9.47 Å². The van der Waals surface area contributed by atoms with Crippen LogP contribution in [0.1, 0.15) is 25.8 Å². The van der Waals surface area contributed by atoms with Crippen LogP contribution in [0.15, 0.2) is 18.2 Å². The summed E-state index contributed by atoms with van der Waals surface area (Å²) in [5, 5.41) is 3.28. The maximum absolute atomic E-state index is 11.9. The number of likely N-dealkylation sites (tertiary alicyclic amines) is 1. The molecule has 1 atom stereocenters. The minimum Gasteiger partial charge on any atom is -0.490 e. The summed E-state index contributed by atoms with van der Waals surface area (Å²) in [6.07, 6.45) is 0.328. The molecule has 0 aromatic heterocycles. The average Bonchev–Trinajstić information content (AvgIpc) is 2.79. The molecule has 21 heavy (non-hydrogen) atoms. The van der Waals surface area contributed by atoms with Crippen LogP contribution in [-0.2, 0) is 11.3 Å². The van der Waals surface area contributed by atoms with Crippen LogP contribution in [-0.4, -0.2) is 43.7 Å². The van der Waals surface area contributed by atoms with Gasteiger partial charge >= 0.3 is 0 Å². The Morgan fingerprint density at radius 1 is 1.33 bits per heavy atom. The maximum Gasteiger partial charge on any atom is 0.263 e. The van der Waals surface area contributed by atoms with Crippen molar-refractivity contribution in [3.8, 4) is 11.5 Å². The molecule has 2 rings (SSSR count). The molecule has 5 nitrogen and oxygen atoms in total. The lowest BCUT2D eigenvalue weighted by atomic mass is 10.2. The lowest BCUT2D eigenvalue weighted by molar-refractivity contribution is -0.132. The second kappa shape index (κ2) is 7.31. The Kier molecular flexibility index (Phi) is 5.44. The monoisotopic (exact) mass is 292 g/mol. The van der Waals surface area contributed by atoms with Crippen molar-refractivity contribution in [3.63, 3.8) is 0 Å². The standard InChI is InChI=1S/C16H24N2O3/c1-4-17-11-12-6-7-13(15(10-12)20-5-2)21-14-8-9-18(3)16(14)19/h6-7,10,14,17H,4-5,8-9,11H2,1-3H3. The van der Waals surface area contributed by atoms with Crippen molar-refractivity contribution in [3.05, 3.63) is 23.8 Å². The Bertz CT molecular complexity index is 490. The minimum atomic E-state index is -0.395.